The highest BCUT2D eigenvalue weighted by Gasteiger charge is 1.04. The van der Waals surface area contributed by atoms with Crippen molar-refractivity contribution < 1.29 is 24.9 Å². The largest absolute Gasteiger partial charge is 0.400 e. The predicted octanol–water partition coefficient (Wildman–Crippen LogP) is -1.37. The van der Waals surface area contributed by atoms with Crippen LogP contribution < -0.4 is 0 Å². The van der Waals surface area contributed by atoms with Gasteiger partial charge in [0.15, 0.2) is 0 Å². The number of aliphatic hydroxyl groups excluding tert-OH is 3. The van der Waals surface area contributed by atoms with Crippen molar-refractivity contribution >= 4 is 12.2 Å². The van der Waals surface area contributed by atoms with Gasteiger partial charge in [0.05, 0.1) is 0 Å². The van der Waals surface area contributed by atoms with Gasteiger partial charge >= 0.3 is 0 Å². The fourth-order valence-corrected chi connectivity index (χ4v) is 0. The molecule has 7 heteroatoms. The lowest BCUT2D eigenvalue weighted by Gasteiger charge is -1.21. The highest BCUT2D eigenvalue weighted by Crippen LogP contribution is 0.871. The zero-order valence-corrected chi connectivity index (χ0v) is 7.16. The second-order valence-electron chi connectivity index (χ2n) is 0.204. The summed E-state index contributed by atoms with van der Waals surface area (Å²) in [5.41, 5.74) is 0. The molecule has 0 aromatic heterocycles. The normalized spacial score (nSPS) is 2.83. The third-order valence-electron chi connectivity index (χ3n) is 0. The van der Waals surface area contributed by atoms with E-state index in [1.807, 2.05) is 0 Å². The van der Waals surface area contributed by atoms with E-state index in [9.17, 15) is 0 Å². The Morgan fingerprint density at radius 1 is 0.750 bits per heavy atom. The molecule has 5 N–H and O–H groups in total. The van der Waals surface area contributed by atoms with Crippen LogP contribution in [0.1, 0.15) is 0 Å². The molecule has 0 unspecified atom stereocenters. The van der Waals surface area contributed by atoms with Gasteiger partial charge in [0.1, 0.15) is 0 Å². The van der Waals surface area contributed by atoms with Crippen molar-refractivity contribution in [1.29, 1.82) is 10.8 Å². The van der Waals surface area contributed by atoms with Crippen molar-refractivity contribution in [1.82, 2.24) is 0 Å². The third kappa shape index (κ3) is 273. The molecule has 12 heavy (non-hydrogen) atoms. The van der Waals surface area contributed by atoms with Crippen LogP contribution in [0.4, 0.5) is 0 Å². The van der Waals surface area contributed by atoms with Crippen molar-refractivity contribution in [3.63, 3.8) is 0 Å². The van der Waals surface area contributed by atoms with Gasteiger partial charge < -0.3 is 15.3 Å². The van der Waals surface area contributed by atoms with Gasteiger partial charge in [-0.05, 0) is 0 Å². The smallest absolute Gasteiger partial charge is 0.231 e. The summed E-state index contributed by atoms with van der Waals surface area (Å²) in [7, 11) is 3.00. The lowest BCUT2D eigenvalue weighted by Crippen LogP contribution is -1.25. The van der Waals surface area contributed by atoms with E-state index in [0.29, 0.717) is 0 Å². The highest BCUT2D eigenvalue weighted by molar-refractivity contribution is 5.26. The van der Waals surface area contributed by atoms with Crippen LogP contribution in [0.15, 0.2) is 0 Å². The Hall–Kier alpha value is -1.36. The van der Waals surface area contributed by atoms with Gasteiger partial charge in [-0.1, -0.05) is 0 Å². The monoisotopic (exact) mass is 182 g/mol. The number of hydrogen-bond donors (Lipinski definition) is 5. The van der Waals surface area contributed by atoms with Crippen LogP contribution in [0.5, 0.6) is 0 Å². The Bertz CT molecular complexity index is 71.8. The summed E-state index contributed by atoms with van der Waals surface area (Å²) in [6, 6.07) is 0. The van der Waals surface area contributed by atoms with E-state index >= 15 is 0 Å². The maximum atomic E-state index is 8.35. The molecule has 0 aliphatic rings. The highest BCUT2D eigenvalue weighted by atomic mass is 16.2. The van der Waals surface area contributed by atoms with E-state index in [0.717, 1.165) is 33.5 Å². The molecule has 0 fully saturated rings. The minimum absolute atomic E-state index is 0.750. The Balaban J connectivity index is -0.0000000174. The van der Waals surface area contributed by atoms with E-state index in [2.05, 4.69) is 0 Å². The summed E-state index contributed by atoms with van der Waals surface area (Å²) in [6.07, 6.45) is 1.50. The van der Waals surface area contributed by atoms with Gasteiger partial charge in [0, 0.05) is 21.3 Å². The fraction of sp³-hybridized carbons (Fsp3) is 0.600. The van der Waals surface area contributed by atoms with E-state index < -0.39 is 0 Å². The number of isocyanates is 2. The zero-order chi connectivity index (χ0) is 11.4. The summed E-state index contributed by atoms with van der Waals surface area (Å²) in [5.74, 6) is 0. The van der Waals surface area contributed by atoms with Crippen LogP contribution in [0.3, 0.4) is 0 Å². The minimum Gasteiger partial charge on any atom is -0.400 e. The van der Waals surface area contributed by atoms with Crippen LogP contribution >= 0.6 is 0 Å². The molecule has 0 amide bonds. The third-order valence-corrected chi connectivity index (χ3v) is 0. The topological polar surface area (TPSA) is 143 Å². The lowest BCUT2D eigenvalue weighted by molar-refractivity contribution is 0.399. The molecule has 0 saturated heterocycles. The first-order chi connectivity index (χ1) is 5.83. The number of carbonyl (C=O) groups excluding carboxylic acids is 2. The van der Waals surface area contributed by atoms with E-state index in [4.69, 9.17) is 35.7 Å². The van der Waals surface area contributed by atoms with Gasteiger partial charge in [-0.3, -0.25) is 0 Å². The quantitative estimate of drug-likeness (QED) is 0.232. The van der Waals surface area contributed by atoms with Crippen molar-refractivity contribution in [3.05, 3.63) is 0 Å². The average Bonchev–Trinajstić information content (AvgIpc) is 2.16. The first kappa shape index (κ1) is 31.1. The Morgan fingerprint density at radius 2 is 0.750 bits per heavy atom. The SMILES string of the molecule is CO.CO.CO.N=C=O.N=C=O. The first-order valence-corrected chi connectivity index (χ1v) is 2.25. The Kier molecular flexibility index (Phi) is 4550. The molecule has 74 valence electrons. The molecular formula is C5H14N2O5. The Morgan fingerprint density at radius 3 is 0.750 bits per heavy atom. The van der Waals surface area contributed by atoms with Crippen LogP contribution in [-0.4, -0.2) is 48.8 Å². The van der Waals surface area contributed by atoms with Crippen LogP contribution in [0, 0.1) is 10.8 Å². The number of rotatable bonds is 0. The molecule has 0 aliphatic carbocycles. The van der Waals surface area contributed by atoms with Crippen molar-refractivity contribution in [3.8, 4) is 0 Å². The second kappa shape index (κ2) is 1760. The zero-order valence-electron chi connectivity index (χ0n) is 7.16. The standard InChI is InChI=1S/2CHNO.3CH4O/c2*2-1-3;3*1-2/h2*2H;3*2H,1H3. The molecule has 0 spiro atoms. The molecule has 0 aromatic rings. The predicted molar refractivity (Wildman–Crippen MR) is 41.3 cm³/mol. The maximum absolute atomic E-state index is 8.35. The fourth-order valence-electron chi connectivity index (χ4n) is 0. The molecular weight excluding hydrogens is 168 g/mol. The summed E-state index contributed by atoms with van der Waals surface area (Å²) in [6.45, 7) is 0. The molecule has 0 aromatic carbocycles. The second-order valence-corrected chi connectivity index (χ2v) is 0.204. The van der Waals surface area contributed by atoms with Crippen molar-refractivity contribution in [2.75, 3.05) is 21.3 Å². The number of nitrogens with one attached hydrogen (secondary N) is 2. The molecule has 7 nitrogen and oxygen atoms in total. The molecule has 0 saturated carbocycles. The van der Waals surface area contributed by atoms with Gasteiger partial charge in [0.25, 0.3) is 0 Å². The van der Waals surface area contributed by atoms with Gasteiger partial charge in [-0.15, -0.1) is 0 Å². The average molecular weight is 182 g/mol. The minimum atomic E-state index is 0.750. The van der Waals surface area contributed by atoms with Gasteiger partial charge in [0.2, 0.25) is 12.2 Å². The summed E-state index contributed by atoms with van der Waals surface area (Å²) >= 11 is 0. The lowest BCUT2D eigenvalue weighted by atomic mass is 11.7. The van der Waals surface area contributed by atoms with E-state index in [1.165, 1.54) is 0 Å². The van der Waals surface area contributed by atoms with Gasteiger partial charge in [-0.25, -0.2) is 20.4 Å². The maximum Gasteiger partial charge on any atom is 0.231 e. The van der Waals surface area contributed by atoms with Crippen molar-refractivity contribution in [2.45, 2.75) is 0 Å². The van der Waals surface area contributed by atoms with E-state index in [-0.39, 0.29) is 0 Å². The summed E-state index contributed by atoms with van der Waals surface area (Å²) in [5, 5.41) is 31.8. The molecule has 0 atom stereocenters. The first-order valence-electron chi connectivity index (χ1n) is 2.25. The summed E-state index contributed by atoms with van der Waals surface area (Å²) < 4.78 is 0. The molecule has 0 radical (unpaired) electrons. The molecule has 0 bridgehead atoms. The number of aliphatic hydroxyl groups is 3. The van der Waals surface area contributed by atoms with E-state index in [1.54, 1.807) is 0 Å². The summed E-state index contributed by atoms with van der Waals surface area (Å²) in [4.78, 5) is 16.7. The molecule has 0 aliphatic heterocycles. The van der Waals surface area contributed by atoms with Gasteiger partial charge in [-0.2, -0.15) is 0 Å². The van der Waals surface area contributed by atoms with Crippen LogP contribution in [0.25, 0.3) is 0 Å². The van der Waals surface area contributed by atoms with Crippen LogP contribution in [-0.2, 0) is 9.59 Å². The molecule has 0 rings (SSSR count). The van der Waals surface area contributed by atoms with Crippen LogP contribution in [0.2, 0.25) is 0 Å². The molecule has 0 heterocycles. The van der Waals surface area contributed by atoms with Crippen molar-refractivity contribution in [2.24, 2.45) is 0 Å². The number of hydrogen-bond acceptors (Lipinski definition) is 7. The Labute approximate surface area is 70.3 Å².